The van der Waals surface area contributed by atoms with Gasteiger partial charge in [-0.3, -0.25) is 0 Å². The third-order valence-electron chi connectivity index (χ3n) is 2.72. The predicted octanol–water partition coefficient (Wildman–Crippen LogP) is 3.93. The van der Waals surface area contributed by atoms with Crippen molar-refractivity contribution >= 4 is 38.6 Å². The molecule has 0 bridgehead atoms. The fraction of sp³-hybridized carbons (Fsp3) is 0.0714. The normalized spacial score (nSPS) is 10.7. The number of hydrogen-bond acceptors (Lipinski definition) is 4. The molecule has 3 aromatic rings. The third kappa shape index (κ3) is 2.02. The predicted molar refractivity (Wildman–Crippen MR) is 78.5 cm³/mol. The molecule has 0 amide bonds. The van der Waals surface area contributed by atoms with Crippen molar-refractivity contribution in [1.29, 1.82) is 0 Å². The fourth-order valence-electron chi connectivity index (χ4n) is 1.89. The lowest BCUT2D eigenvalue weighted by Gasteiger charge is -2.09. The van der Waals surface area contributed by atoms with Crippen LogP contribution < -0.4 is 11.1 Å². The Balaban J connectivity index is 2.03. The molecule has 90 valence electrons. The molecule has 0 fully saturated rings. The second-order valence-electron chi connectivity index (χ2n) is 4.13. The van der Waals surface area contributed by atoms with Crippen molar-refractivity contribution in [3.8, 4) is 0 Å². The van der Waals surface area contributed by atoms with E-state index >= 15 is 0 Å². The number of para-hydroxylation sites is 1. The maximum atomic E-state index is 6.06. The second-order valence-corrected chi connectivity index (χ2v) is 5.37. The number of anilines is 3. The van der Waals surface area contributed by atoms with Crippen molar-refractivity contribution in [2.45, 2.75) is 6.92 Å². The summed E-state index contributed by atoms with van der Waals surface area (Å²) in [4.78, 5) is 4.48. The molecule has 0 saturated heterocycles. The van der Waals surface area contributed by atoms with Crippen LogP contribution in [0.25, 0.3) is 10.2 Å². The Morgan fingerprint density at radius 3 is 2.72 bits per heavy atom. The van der Waals surface area contributed by atoms with E-state index in [0.717, 1.165) is 32.3 Å². The van der Waals surface area contributed by atoms with E-state index in [1.807, 2.05) is 49.4 Å². The van der Waals surface area contributed by atoms with E-state index in [1.165, 1.54) is 0 Å². The maximum Gasteiger partial charge on any atom is 0.0907 e. The molecule has 2 aromatic carbocycles. The number of thiazole rings is 1. The van der Waals surface area contributed by atoms with E-state index in [-0.39, 0.29) is 0 Å². The number of aromatic nitrogens is 1. The van der Waals surface area contributed by atoms with Gasteiger partial charge in [0, 0.05) is 5.69 Å². The van der Waals surface area contributed by atoms with Crippen molar-refractivity contribution in [2.24, 2.45) is 0 Å². The monoisotopic (exact) mass is 255 g/mol. The Labute approximate surface area is 109 Å². The van der Waals surface area contributed by atoms with Crippen LogP contribution in [0, 0.1) is 6.92 Å². The molecular weight excluding hydrogens is 242 g/mol. The van der Waals surface area contributed by atoms with Crippen LogP contribution in [-0.2, 0) is 0 Å². The zero-order valence-corrected chi connectivity index (χ0v) is 10.8. The minimum absolute atomic E-state index is 0.745. The summed E-state index contributed by atoms with van der Waals surface area (Å²) in [7, 11) is 0. The van der Waals surface area contributed by atoms with Gasteiger partial charge in [-0.1, -0.05) is 18.2 Å². The quantitative estimate of drug-likeness (QED) is 0.682. The van der Waals surface area contributed by atoms with Gasteiger partial charge in [-0.05, 0) is 31.2 Å². The topological polar surface area (TPSA) is 50.9 Å². The van der Waals surface area contributed by atoms with Gasteiger partial charge in [0.15, 0.2) is 0 Å². The highest BCUT2D eigenvalue weighted by atomic mass is 32.1. The minimum atomic E-state index is 0.745. The van der Waals surface area contributed by atoms with E-state index in [0.29, 0.717) is 0 Å². The smallest absolute Gasteiger partial charge is 0.0907 e. The van der Waals surface area contributed by atoms with Crippen LogP contribution >= 0.6 is 11.3 Å². The van der Waals surface area contributed by atoms with Crippen molar-refractivity contribution in [3.63, 3.8) is 0 Å². The fourth-order valence-corrected chi connectivity index (χ4v) is 2.75. The SMILES string of the molecule is Cc1nc2cc(Nc3ccccc3)c(N)cc2s1. The van der Waals surface area contributed by atoms with E-state index in [9.17, 15) is 0 Å². The number of nitrogens with two attached hydrogens (primary N) is 1. The van der Waals surface area contributed by atoms with Gasteiger partial charge in [0.25, 0.3) is 0 Å². The minimum Gasteiger partial charge on any atom is -0.397 e. The molecule has 3 N–H and O–H groups in total. The van der Waals surface area contributed by atoms with Crippen LogP contribution in [0.15, 0.2) is 42.5 Å². The van der Waals surface area contributed by atoms with Crippen LogP contribution in [0.4, 0.5) is 17.1 Å². The molecule has 18 heavy (non-hydrogen) atoms. The molecule has 3 rings (SSSR count). The highest BCUT2D eigenvalue weighted by Gasteiger charge is 2.06. The van der Waals surface area contributed by atoms with Crippen molar-refractivity contribution in [3.05, 3.63) is 47.5 Å². The molecule has 1 heterocycles. The van der Waals surface area contributed by atoms with Crippen molar-refractivity contribution < 1.29 is 0 Å². The van der Waals surface area contributed by atoms with E-state index in [4.69, 9.17) is 5.73 Å². The Kier molecular flexibility index (Phi) is 2.64. The van der Waals surface area contributed by atoms with E-state index in [1.54, 1.807) is 11.3 Å². The molecule has 0 spiro atoms. The van der Waals surface area contributed by atoms with Crippen LogP contribution in [0.5, 0.6) is 0 Å². The largest absolute Gasteiger partial charge is 0.397 e. The lowest BCUT2D eigenvalue weighted by molar-refractivity contribution is 1.35. The number of fused-ring (bicyclic) bond motifs is 1. The average Bonchev–Trinajstić information content (AvgIpc) is 2.70. The molecule has 0 atom stereocenters. The maximum absolute atomic E-state index is 6.06. The number of nitrogen functional groups attached to an aromatic ring is 1. The summed E-state index contributed by atoms with van der Waals surface area (Å²) >= 11 is 1.66. The molecule has 0 aliphatic rings. The molecule has 0 saturated carbocycles. The first kappa shape index (κ1) is 11.0. The summed E-state index contributed by atoms with van der Waals surface area (Å²) in [6.07, 6.45) is 0. The molecule has 4 heteroatoms. The highest BCUT2D eigenvalue weighted by molar-refractivity contribution is 7.18. The summed E-state index contributed by atoms with van der Waals surface area (Å²) in [5, 5.41) is 4.37. The van der Waals surface area contributed by atoms with E-state index in [2.05, 4.69) is 10.3 Å². The average molecular weight is 255 g/mol. The zero-order valence-electron chi connectivity index (χ0n) is 9.97. The van der Waals surface area contributed by atoms with Gasteiger partial charge in [0.2, 0.25) is 0 Å². The molecule has 1 aromatic heterocycles. The summed E-state index contributed by atoms with van der Waals surface area (Å²) in [5.74, 6) is 0. The molecule has 0 aliphatic heterocycles. The van der Waals surface area contributed by atoms with Gasteiger partial charge in [-0.2, -0.15) is 0 Å². The number of rotatable bonds is 2. The first-order chi connectivity index (χ1) is 8.72. The van der Waals surface area contributed by atoms with Gasteiger partial charge in [-0.25, -0.2) is 4.98 Å². The summed E-state index contributed by atoms with van der Waals surface area (Å²) in [6, 6.07) is 14.0. The third-order valence-corrected chi connectivity index (χ3v) is 3.65. The Hall–Kier alpha value is -2.07. The second kappa shape index (κ2) is 4.31. The van der Waals surface area contributed by atoms with Gasteiger partial charge in [0.1, 0.15) is 0 Å². The Morgan fingerprint density at radius 2 is 1.94 bits per heavy atom. The van der Waals surface area contributed by atoms with Gasteiger partial charge in [-0.15, -0.1) is 11.3 Å². The number of nitrogens with zero attached hydrogens (tertiary/aromatic N) is 1. The summed E-state index contributed by atoms with van der Waals surface area (Å²) in [5.41, 5.74) is 9.72. The Bertz CT molecular complexity index is 689. The molecule has 0 radical (unpaired) electrons. The van der Waals surface area contributed by atoms with Crippen molar-refractivity contribution in [2.75, 3.05) is 11.1 Å². The highest BCUT2D eigenvalue weighted by Crippen LogP contribution is 2.31. The molecule has 3 nitrogen and oxygen atoms in total. The lowest BCUT2D eigenvalue weighted by atomic mass is 10.2. The zero-order chi connectivity index (χ0) is 12.5. The van der Waals surface area contributed by atoms with Crippen LogP contribution in [-0.4, -0.2) is 4.98 Å². The van der Waals surface area contributed by atoms with E-state index < -0.39 is 0 Å². The number of nitrogens with one attached hydrogen (secondary N) is 1. The summed E-state index contributed by atoms with van der Waals surface area (Å²) < 4.78 is 1.13. The van der Waals surface area contributed by atoms with Crippen LogP contribution in [0.3, 0.4) is 0 Å². The van der Waals surface area contributed by atoms with Gasteiger partial charge in [0.05, 0.1) is 26.6 Å². The molecular formula is C14H13N3S. The lowest BCUT2D eigenvalue weighted by Crippen LogP contribution is -1.95. The Morgan fingerprint density at radius 1 is 1.17 bits per heavy atom. The van der Waals surface area contributed by atoms with Crippen molar-refractivity contribution in [1.82, 2.24) is 4.98 Å². The number of hydrogen-bond donors (Lipinski definition) is 2. The molecule has 0 unspecified atom stereocenters. The first-order valence-electron chi connectivity index (χ1n) is 5.71. The first-order valence-corrected chi connectivity index (χ1v) is 6.53. The van der Waals surface area contributed by atoms with Crippen LogP contribution in [0.2, 0.25) is 0 Å². The van der Waals surface area contributed by atoms with Crippen LogP contribution in [0.1, 0.15) is 5.01 Å². The standard InChI is InChI=1S/C14H13N3S/c1-9-16-13-8-12(11(15)7-14(13)18-9)17-10-5-3-2-4-6-10/h2-8,17H,15H2,1H3. The van der Waals surface area contributed by atoms with Gasteiger partial charge < -0.3 is 11.1 Å². The van der Waals surface area contributed by atoms with Gasteiger partial charge >= 0.3 is 0 Å². The number of aryl methyl sites for hydroxylation is 1. The summed E-state index contributed by atoms with van der Waals surface area (Å²) in [6.45, 7) is 2.01. The molecule has 0 aliphatic carbocycles. The number of benzene rings is 2.